The number of nitrogens with zero attached hydrogens (tertiary/aromatic N) is 2. The van der Waals surface area contributed by atoms with Gasteiger partial charge in [-0.2, -0.15) is 5.26 Å². The van der Waals surface area contributed by atoms with Gasteiger partial charge in [0, 0.05) is 12.1 Å². The molecule has 0 spiro atoms. The van der Waals surface area contributed by atoms with Gasteiger partial charge in [0.15, 0.2) is 11.5 Å². The third-order valence-electron chi connectivity index (χ3n) is 3.77. The van der Waals surface area contributed by atoms with Crippen molar-refractivity contribution in [3.05, 3.63) is 68.2 Å². The number of carbonyl (C=O) groups is 2. The van der Waals surface area contributed by atoms with Crippen LogP contribution in [-0.2, 0) is 11.4 Å². The number of hydrogen-bond donors (Lipinski definition) is 2. The predicted molar refractivity (Wildman–Crippen MR) is 111 cm³/mol. The molecule has 2 rings (SSSR count). The molecule has 0 aliphatic carbocycles. The van der Waals surface area contributed by atoms with Gasteiger partial charge in [-0.05, 0) is 48.4 Å². The minimum absolute atomic E-state index is 0.0402. The second kappa shape index (κ2) is 10.6. The van der Waals surface area contributed by atoms with E-state index in [0.717, 1.165) is 0 Å². The van der Waals surface area contributed by atoms with Crippen LogP contribution in [0, 0.1) is 21.4 Å². The fourth-order valence-electron chi connectivity index (χ4n) is 2.44. The van der Waals surface area contributed by atoms with Crippen molar-refractivity contribution in [2.24, 2.45) is 5.73 Å². The summed E-state index contributed by atoms with van der Waals surface area (Å²) in [6, 6.07) is 9.38. The van der Waals surface area contributed by atoms with E-state index in [1.807, 2.05) is 5.32 Å². The van der Waals surface area contributed by atoms with Crippen LogP contribution in [0.5, 0.6) is 11.5 Å². The molecule has 3 amide bonds. The summed E-state index contributed by atoms with van der Waals surface area (Å²) in [5, 5.41) is 21.9. The van der Waals surface area contributed by atoms with Crippen LogP contribution in [0.3, 0.4) is 0 Å². The summed E-state index contributed by atoms with van der Waals surface area (Å²) >= 11 is 6.31. The third kappa shape index (κ3) is 6.45. The molecule has 160 valence electrons. The maximum Gasteiger partial charge on any atom is 0.319 e. The van der Waals surface area contributed by atoms with E-state index in [4.69, 9.17) is 32.1 Å². The summed E-state index contributed by atoms with van der Waals surface area (Å²) in [6.07, 6.45) is 1.22. The van der Waals surface area contributed by atoms with E-state index in [-0.39, 0.29) is 41.0 Å². The first-order valence-electron chi connectivity index (χ1n) is 8.80. The summed E-state index contributed by atoms with van der Waals surface area (Å²) in [4.78, 5) is 32.9. The number of hydrogen-bond acceptors (Lipinski definition) is 7. The van der Waals surface area contributed by atoms with Gasteiger partial charge in [0.05, 0.1) is 16.6 Å². The lowest BCUT2D eigenvalue weighted by Crippen LogP contribution is -2.35. The second-order valence-electron chi connectivity index (χ2n) is 5.96. The number of imide groups is 1. The summed E-state index contributed by atoms with van der Waals surface area (Å²) < 4.78 is 11.3. The Labute approximate surface area is 182 Å². The molecule has 0 saturated carbocycles. The number of nitriles is 1. The second-order valence-corrected chi connectivity index (χ2v) is 6.37. The van der Waals surface area contributed by atoms with Gasteiger partial charge in [0.2, 0.25) is 0 Å². The highest BCUT2D eigenvalue weighted by Crippen LogP contribution is 2.38. The number of nitrogens with two attached hydrogens (primary N) is 1. The maximum atomic E-state index is 11.8. The van der Waals surface area contributed by atoms with E-state index in [9.17, 15) is 19.7 Å². The normalized spacial score (nSPS) is 10.7. The number of halogens is 1. The monoisotopic (exact) mass is 444 g/mol. The van der Waals surface area contributed by atoms with Crippen LogP contribution in [0.25, 0.3) is 6.08 Å². The summed E-state index contributed by atoms with van der Waals surface area (Å²) in [6.45, 7) is 2.10. The van der Waals surface area contributed by atoms with Gasteiger partial charge in [-0.25, -0.2) is 4.79 Å². The Hall–Kier alpha value is -4.10. The molecule has 0 saturated heterocycles. The lowest BCUT2D eigenvalue weighted by molar-refractivity contribution is -0.384. The maximum absolute atomic E-state index is 11.8. The predicted octanol–water partition coefficient (Wildman–Crippen LogP) is 3.33. The van der Waals surface area contributed by atoms with E-state index in [2.05, 4.69) is 0 Å². The zero-order chi connectivity index (χ0) is 23.0. The van der Waals surface area contributed by atoms with Gasteiger partial charge in [-0.1, -0.05) is 11.6 Å². The van der Waals surface area contributed by atoms with Crippen molar-refractivity contribution in [1.82, 2.24) is 5.32 Å². The third-order valence-corrected chi connectivity index (χ3v) is 4.06. The van der Waals surface area contributed by atoms with E-state index in [0.29, 0.717) is 11.1 Å². The van der Waals surface area contributed by atoms with Crippen LogP contribution in [0.1, 0.15) is 18.1 Å². The highest BCUT2D eigenvalue weighted by Gasteiger charge is 2.16. The lowest BCUT2D eigenvalue weighted by atomic mass is 10.1. The van der Waals surface area contributed by atoms with Crippen molar-refractivity contribution in [1.29, 1.82) is 5.26 Å². The van der Waals surface area contributed by atoms with Crippen molar-refractivity contribution in [2.75, 3.05) is 6.61 Å². The quantitative estimate of drug-likeness (QED) is 0.273. The van der Waals surface area contributed by atoms with E-state index < -0.39 is 16.9 Å². The zero-order valence-electron chi connectivity index (χ0n) is 16.3. The van der Waals surface area contributed by atoms with Gasteiger partial charge in [0.1, 0.15) is 18.2 Å². The number of rotatable bonds is 8. The first-order chi connectivity index (χ1) is 14.7. The fourth-order valence-corrected chi connectivity index (χ4v) is 2.71. The number of carbonyl (C=O) groups excluding carboxylic acids is 2. The summed E-state index contributed by atoms with van der Waals surface area (Å²) in [5.74, 6) is -0.475. The molecule has 0 aliphatic heterocycles. The molecule has 0 radical (unpaired) electrons. The van der Waals surface area contributed by atoms with Crippen LogP contribution in [-0.4, -0.2) is 23.5 Å². The molecule has 2 aromatic carbocycles. The van der Waals surface area contributed by atoms with Crippen LogP contribution in [0.2, 0.25) is 5.02 Å². The summed E-state index contributed by atoms with van der Waals surface area (Å²) in [7, 11) is 0. The molecular formula is C20H17ClN4O6. The summed E-state index contributed by atoms with van der Waals surface area (Å²) in [5.41, 5.74) is 5.51. The van der Waals surface area contributed by atoms with Crippen LogP contribution >= 0.6 is 11.6 Å². The molecule has 2 aromatic rings. The number of non-ortho nitro benzene ring substituents is 1. The largest absolute Gasteiger partial charge is 0.490 e. The number of benzene rings is 2. The highest BCUT2D eigenvalue weighted by atomic mass is 35.5. The standard InChI is InChI=1S/C20H17ClN4O6/c1-2-30-17-9-13(7-14(10-22)19(26)24-20(23)27)8-16(21)18(17)31-11-12-3-5-15(6-4-12)25(28)29/h3-9H,2,11H2,1H3,(H3,23,24,26,27)/b14-7-. The Morgan fingerprint density at radius 2 is 1.97 bits per heavy atom. The average Bonchev–Trinajstić information content (AvgIpc) is 2.71. The van der Waals surface area contributed by atoms with Crippen molar-refractivity contribution < 1.29 is 24.0 Å². The van der Waals surface area contributed by atoms with Gasteiger partial charge >= 0.3 is 6.03 Å². The molecule has 11 heteroatoms. The van der Waals surface area contributed by atoms with Crippen molar-refractivity contribution >= 4 is 35.3 Å². The number of urea groups is 1. The molecule has 0 unspecified atom stereocenters. The molecule has 0 aromatic heterocycles. The first-order valence-corrected chi connectivity index (χ1v) is 9.18. The Morgan fingerprint density at radius 3 is 2.52 bits per heavy atom. The fraction of sp³-hybridized carbons (Fsp3) is 0.150. The van der Waals surface area contributed by atoms with Gasteiger partial charge < -0.3 is 15.2 Å². The van der Waals surface area contributed by atoms with E-state index in [1.165, 1.54) is 30.3 Å². The Bertz CT molecular complexity index is 1080. The van der Waals surface area contributed by atoms with E-state index >= 15 is 0 Å². The molecule has 0 bridgehead atoms. The van der Waals surface area contributed by atoms with Gasteiger partial charge in [0.25, 0.3) is 11.6 Å². The molecule has 0 heterocycles. The Morgan fingerprint density at radius 1 is 1.29 bits per heavy atom. The van der Waals surface area contributed by atoms with Crippen LogP contribution in [0.4, 0.5) is 10.5 Å². The van der Waals surface area contributed by atoms with Crippen LogP contribution in [0.15, 0.2) is 42.0 Å². The number of nitrogens with one attached hydrogen (secondary N) is 1. The molecule has 31 heavy (non-hydrogen) atoms. The topological polar surface area (TPSA) is 158 Å². The Balaban J connectivity index is 2.30. The van der Waals surface area contributed by atoms with Gasteiger partial charge in [-0.15, -0.1) is 0 Å². The smallest absolute Gasteiger partial charge is 0.319 e. The zero-order valence-corrected chi connectivity index (χ0v) is 17.0. The number of amides is 3. The number of nitro groups is 1. The molecule has 0 fully saturated rings. The van der Waals surface area contributed by atoms with Crippen molar-refractivity contribution in [3.8, 4) is 17.6 Å². The number of primary amides is 1. The molecule has 0 aliphatic rings. The minimum Gasteiger partial charge on any atom is -0.490 e. The van der Waals surface area contributed by atoms with E-state index in [1.54, 1.807) is 25.1 Å². The number of nitro benzene ring substituents is 1. The molecule has 10 nitrogen and oxygen atoms in total. The molecule has 0 atom stereocenters. The van der Waals surface area contributed by atoms with Crippen LogP contribution < -0.4 is 20.5 Å². The Kier molecular flexibility index (Phi) is 7.94. The molecular weight excluding hydrogens is 428 g/mol. The SMILES string of the molecule is CCOc1cc(/C=C(/C#N)C(=O)NC(N)=O)cc(Cl)c1OCc1ccc([N+](=O)[O-])cc1. The number of ether oxygens (including phenoxy) is 2. The first kappa shape index (κ1) is 23.2. The van der Waals surface area contributed by atoms with Crippen molar-refractivity contribution in [2.45, 2.75) is 13.5 Å². The average molecular weight is 445 g/mol. The van der Waals surface area contributed by atoms with Gasteiger partial charge in [-0.3, -0.25) is 20.2 Å². The highest BCUT2D eigenvalue weighted by molar-refractivity contribution is 6.32. The molecule has 3 N–H and O–H groups in total. The lowest BCUT2D eigenvalue weighted by Gasteiger charge is -2.14. The van der Waals surface area contributed by atoms with Crippen molar-refractivity contribution in [3.63, 3.8) is 0 Å². The minimum atomic E-state index is -1.09.